The zero-order chi connectivity index (χ0) is 17.3. The first-order valence-electron chi connectivity index (χ1n) is 8.15. The largest absolute Gasteiger partial charge is 0.444 e. The number of benzene rings is 1. The second-order valence-corrected chi connectivity index (χ2v) is 6.59. The van der Waals surface area contributed by atoms with Gasteiger partial charge in [-0.1, -0.05) is 19.1 Å². The van der Waals surface area contributed by atoms with Crippen LogP contribution in [-0.4, -0.2) is 38.0 Å². The molecular formula is C18H30N2O3. The van der Waals surface area contributed by atoms with Gasteiger partial charge in [0.25, 0.3) is 0 Å². The number of nitrogens with one attached hydrogen (secondary N) is 2. The SMILES string of the molecule is CCC(COC)NCCc1ccc(NC(=O)OC(C)(C)C)cc1. The molecule has 1 aromatic rings. The maximum Gasteiger partial charge on any atom is 0.412 e. The maximum atomic E-state index is 11.7. The van der Waals surface area contributed by atoms with Gasteiger partial charge in [0.1, 0.15) is 5.60 Å². The Morgan fingerprint density at radius 3 is 2.39 bits per heavy atom. The van der Waals surface area contributed by atoms with E-state index in [9.17, 15) is 4.79 Å². The number of amides is 1. The molecule has 0 radical (unpaired) electrons. The Morgan fingerprint density at radius 2 is 1.87 bits per heavy atom. The lowest BCUT2D eigenvalue weighted by atomic mass is 10.1. The molecule has 0 aliphatic heterocycles. The molecule has 0 spiro atoms. The molecule has 1 aromatic carbocycles. The Hall–Kier alpha value is -1.59. The average Bonchev–Trinajstić information content (AvgIpc) is 2.46. The predicted octanol–water partition coefficient (Wildman–Crippen LogP) is 3.59. The van der Waals surface area contributed by atoms with Crippen molar-refractivity contribution < 1.29 is 14.3 Å². The minimum atomic E-state index is -0.492. The molecule has 1 unspecified atom stereocenters. The van der Waals surface area contributed by atoms with Crippen molar-refractivity contribution in [2.75, 3.05) is 25.6 Å². The normalized spacial score (nSPS) is 12.7. The van der Waals surface area contributed by atoms with Crippen molar-refractivity contribution in [2.45, 2.75) is 52.2 Å². The summed E-state index contributed by atoms with van der Waals surface area (Å²) in [7, 11) is 1.72. The molecule has 1 atom stereocenters. The van der Waals surface area contributed by atoms with Crippen LogP contribution in [0.4, 0.5) is 10.5 Å². The van der Waals surface area contributed by atoms with Crippen molar-refractivity contribution in [1.29, 1.82) is 0 Å². The van der Waals surface area contributed by atoms with Gasteiger partial charge < -0.3 is 14.8 Å². The number of methoxy groups -OCH3 is 1. The van der Waals surface area contributed by atoms with Gasteiger partial charge >= 0.3 is 6.09 Å². The van der Waals surface area contributed by atoms with E-state index in [4.69, 9.17) is 9.47 Å². The molecule has 0 aliphatic carbocycles. The Labute approximate surface area is 139 Å². The summed E-state index contributed by atoms with van der Waals surface area (Å²) in [4.78, 5) is 11.7. The van der Waals surface area contributed by atoms with Crippen molar-refractivity contribution in [3.63, 3.8) is 0 Å². The fourth-order valence-electron chi connectivity index (χ4n) is 2.12. The summed E-state index contributed by atoms with van der Waals surface area (Å²) in [5.74, 6) is 0. The van der Waals surface area contributed by atoms with Gasteiger partial charge in [-0.25, -0.2) is 4.79 Å². The van der Waals surface area contributed by atoms with E-state index in [1.54, 1.807) is 7.11 Å². The summed E-state index contributed by atoms with van der Waals surface area (Å²) >= 11 is 0. The molecule has 2 N–H and O–H groups in total. The van der Waals surface area contributed by atoms with Gasteiger partial charge in [-0.05, 0) is 57.9 Å². The topological polar surface area (TPSA) is 59.6 Å². The van der Waals surface area contributed by atoms with Gasteiger partial charge in [0.15, 0.2) is 0 Å². The molecule has 1 rings (SSSR count). The fourth-order valence-corrected chi connectivity index (χ4v) is 2.12. The number of ether oxygens (including phenoxy) is 2. The second kappa shape index (κ2) is 9.53. The molecule has 130 valence electrons. The van der Waals surface area contributed by atoms with E-state index in [0.717, 1.165) is 31.7 Å². The lowest BCUT2D eigenvalue weighted by molar-refractivity contribution is 0.0636. The van der Waals surface area contributed by atoms with Crippen molar-refractivity contribution >= 4 is 11.8 Å². The molecule has 5 nitrogen and oxygen atoms in total. The average molecular weight is 322 g/mol. The van der Waals surface area contributed by atoms with Gasteiger partial charge in [0.05, 0.1) is 6.61 Å². The summed E-state index contributed by atoms with van der Waals surface area (Å²) in [5.41, 5.74) is 1.47. The number of rotatable bonds is 8. The number of hydrogen-bond donors (Lipinski definition) is 2. The third-order valence-electron chi connectivity index (χ3n) is 3.31. The zero-order valence-corrected chi connectivity index (χ0v) is 14.9. The molecular weight excluding hydrogens is 292 g/mol. The highest BCUT2D eigenvalue weighted by atomic mass is 16.6. The Morgan fingerprint density at radius 1 is 1.22 bits per heavy atom. The Balaban J connectivity index is 2.40. The van der Waals surface area contributed by atoms with Gasteiger partial charge in [0, 0.05) is 18.8 Å². The first-order valence-corrected chi connectivity index (χ1v) is 8.15. The first kappa shape index (κ1) is 19.5. The molecule has 0 heterocycles. The summed E-state index contributed by atoms with van der Waals surface area (Å²) in [6.07, 6.45) is 1.55. The second-order valence-electron chi connectivity index (χ2n) is 6.59. The predicted molar refractivity (Wildman–Crippen MR) is 94.0 cm³/mol. The van der Waals surface area contributed by atoms with E-state index in [1.807, 2.05) is 45.0 Å². The fraction of sp³-hybridized carbons (Fsp3) is 0.611. The van der Waals surface area contributed by atoms with Gasteiger partial charge in [-0.15, -0.1) is 0 Å². The molecule has 0 saturated carbocycles. The van der Waals surface area contributed by atoms with E-state index >= 15 is 0 Å². The van der Waals surface area contributed by atoms with E-state index in [-0.39, 0.29) is 0 Å². The van der Waals surface area contributed by atoms with Crippen molar-refractivity contribution in [3.8, 4) is 0 Å². The van der Waals surface area contributed by atoms with Gasteiger partial charge in [-0.3, -0.25) is 5.32 Å². The van der Waals surface area contributed by atoms with E-state index in [1.165, 1.54) is 5.56 Å². The summed E-state index contributed by atoms with van der Waals surface area (Å²) in [5, 5.41) is 6.21. The monoisotopic (exact) mass is 322 g/mol. The number of hydrogen-bond acceptors (Lipinski definition) is 4. The standard InChI is InChI=1S/C18H30N2O3/c1-6-15(13-22-5)19-12-11-14-7-9-16(10-8-14)20-17(21)23-18(2,3)4/h7-10,15,19H,6,11-13H2,1-5H3,(H,20,21). The highest BCUT2D eigenvalue weighted by Gasteiger charge is 2.16. The summed E-state index contributed by atoms with van der Waals surface area (Å²) in [6.45, 7) is 9.31. The van der Waals surface area contributed by atoms with Crippen LogP contribution in [0.25, 0.3) is 0 Å². The molecule has 0 aliphatic rings. The van der Waals surface area contributed by atoms with Crippen LogP contribution in [0.2, 0.25) is 0 Å². The third-order valence-corrected chi connectivity index (χ3v) is 3.31. The smallest absolute Gasteiger partial charge is 0.412 e. The van der Waals surface area contributed by atoms with Crippen LogP contribution >= 0.6 is 0 Å². The van der Waals surface area contributed by atoms with Crippen LogP contribution in [0.5, 0.6) is 0 Å². The zero-order valence-electron chi connectivity index (χ0n) is 14.9. The van der Waals surface area contributed by atoms with Crippen LogP contribution in [-0.2, 0) is 15.9 Å². The van der Waals surface area contributed by atoms with Crippen molar-refractivity contribution in [2.24, 2.45) is 0 Å². The molecule has 1 amide bonds. The van der Waals surface area contributed by atoms with Crippen LogP contribution in [0.15, 0.2) is 24.3 Å². The molecule has 0 bridgehead atoms. The van der Waals surface area contributed by atoms with Crippen molar-refractivity contribution in [1.82, 2.24) is 5.32 Å². The van der Waals surface area contributed by atoms with Gasteiger partial charge in [-0.2, -0.15) is 0 Å². The molecule has 0 aromatic heterocycles. The lowest BCUT2D eigenvalue weighted by Gasteiger charge is -2.19. The Bertz CT molecular complexity index is 466. The quantitative estimate of drug-likeness (QED) is 0.768. The number of carbonyl (C=O) groups is 1. The maximum absolute atomic E-state index is 11.7. The van der Waals surface area contributed by atoms with Crippen molar-refractivity contribution in [3.05, 3.63) is 29.8 Å². The van der Waals surface area contributed by atoms with Crippen LogP contribution in [0.3, 0.4) is 0 Å². The Kier molecular flexibility index (Phi) is 8.06. The number of carbonyl (C=O) groups excluding carboxylic acids is 1. The first-order chi connectivity index (χ1) is 10.8. The molecule has 23 heavy (non-hydrogen) atoms. The van der Waals surface area contributed by atoms with E-state index in [0.29, 0.717) is 6.04 Å². The van der Waals surface area contributed by atoms with Crippen LogP contribution < -0.4 is 10.6 Å². The van der Waals surface area contributed by atoms with E-state index < -0.39 is 11.7 Å². The highest BCUT2D eigenvalue weighted by molar-refractivity contribution is 5.84. The third kappa shape index (κ3) is 8.57. The summed E-state index contributed by atoms with van der Waals surface area (Å²) in [6, 6.07) is 8.22. The minimum Gasteiger partial charge on any atom is -0.444 e. The van der Waals surface area contributed by atoms with Gasteiger partial charge in [0.2, 0.25) is 0 Å². The summed E-state index contributed by atoms with van der Waals surface area (Å²) < 4.78 is 10.4. The van der Waals surface area contributed by atoms with Crippen LogP contribution in [0.1, 0.15) is 39.7 Å². The highest BCUT2D eigenvalue weighted by Crippen LogP contribution is 2.13. The molecule has 5 heteroatoms. The minimum absolute atomic E-state index is 0.396. The molecule has 0 fully saturated rings. The number of anilines is 1. The lowest BCUT2D eigenvalue weighted by Crippen LogP contribution is -2.34. The van der Waals surface area contributed by atoms with Crippen LogP contribution in [0, 0.1) is 0 Å². The molecule has 0 saturated heterocycles. The van der Waals surface area contributed by atoms with E-state index in [2.05, 4.69) is 17.6 Å².